The van der Waals surface area contributed by atoms with Crippen LogP contribution in [0.1, 0.15) is 24.3 Å². The van der Waals surface area contributed by atoms with E-state index < -0.39 is 0 Å². The summed E-state index contributed by atoms with van der Waals surface area (Å²) >= 11 is 0. The van der Waals surface area contributed by atoms with E-state index in [-0.39, 0.29) is 11.8 Å². The van der Waals surface area contributed by atoms with Crippen molar-refractivity contribution in [1.29, 1.82) is 0 Å². The van der Waals surface area contributed by atoms with Crippen LogP contribution < -0.4 is 0 Å². The Hall–Kier alpha value is -1.40. The van der Waals surface area contributed by atoms with Crippen LogP contribution in [0.15, 0.2) is 10.6 Å². The first-order chi connectivity index (χ1) is 10.5. The van der Waals surface area contributed by atoms with Crippen LogP contribution in [0.2, 0.25) is 0 Å². The number of amides is 1. The van der Waals surface area contributed by atoms with Crippen LogP contribution in [-0.4, -0.2) is 60.8 Å². The van der Waals surface area contributed by atoms with E-state index in [0.29, 0.717) is 18.6 Å². The van der Waals surface area contributed by atoms with Crippen molar-refractivity contribution in [2.75, 3.05) is 33.8 Å². The van der Waals surface area contributed by atoms with Crippen molar-refractivity contribution in [2.45, 2.75) is 32.4 Å². The highest BCUT2D eigenvalue weighted by molar-refractivity contribution is 5.78. The molecule has 1 aromatic rings. The molecule has 0 N–H and O–H groups in total. The summed E-state index contributed by atoms with van der Waals surface area (Å²) in [5.74, 6) is 1.47. The van der Waals surface area contributed by atoms with Gasteiger partial charge in [0, 0.05) is 39.8 Å². The van der Waals surface area contributed by atoms with Crippen LogP contribution in [0.3, 0.4) is 0 Å². The van der Waals surface area contributed by atoms with Gasteiger partial charge in [0.15, 0.2) is 0 Å². The minimum absolute atomic E-state index is 0.00509. The van der Waals surface area contributed by atoms with Crippen LogP contribution in [0.5, 0.6) is 0 Å². The number of rotatable bonds is 3. The topological polar surface area (TPSA) is 58.8 Å². The standard InChI is InChI=1S/C16H25N3O3/c1-11-6-14(17-22-11)9-19-5-4-15-12(8-19)7-13(10-21-15)16(20)18(2)3/h6,12-13,15H,4-5,7-10H2,1-3H3/t12-,13-,15+/m0/s1. The lowest BCUT2D eigenvalue weighted by atomic mass is 9.83. The molecule has 0 spiro atoms. The van der Waals surface area contributed by atoms with Gasteiger partial charge in [-0.2, -0.15) is 0 Å². The molecule has 0 radical (unpaired) electrons. The predicted octanol–water partition coefficient (Wildman–Crippen LogP) is 1.30. The van der Waals surface area contributed by atoms with Gasteiger partial charge in [-0.05, 0) is 25.7 Å². The number of aryl methyl sites for hydroxylation is 1. The van der Waals surface area contributed by atoms with Crippen LogP contribution in [0, 0.1) is 18.8 Å². The van der Waals surface area contributed by atoms with E-state index in [1.165, 1.54) is 0 Å². The Morgan fingerprint density at radius 1 is 1.50 bits per heavy atom. The number of ether oxygens (including phenoxy) is 1. The summed E-state index contributed by atoms with van der Waals surface area (Å²) in [5.41, 5.74) is 0.980. The summed E-state index contributed by atoms with van der Waals surface area (Å²) in [7, 11) is 3.63. The van der Waals surface area contributed by atoms with E-state index in [4.69, 9.17) is 9.26 Å². The van der Waals surface area contributed by atoms with E-state index >= 15 is 0 Å². The molecular weight excluding hydrogens is 282 g/mol. The molecule has 6 nitrogen and oxygen atoms in total. The molecule has 6 heteroatoms. The molecule has 0 bridgehead atoms. The number of piperidine rings is 1. The van der Waals surface area contributed by atoms with Gasteiger partial charge in [-0.25, -0.2) is 0 Å². The third-order valence-corrected chi connectivity index (χ3v) is 4.70. The molecule has 2 aliphatic rings. The minimum atomic E-state index is 0.00509. The molecule has 2 saturated heterocycles. The maximum atomic E-state index is 12.2. The van der Waals surface area contributed by atoms with Crippen molar-refractivity contribution in [3.63, 3.8) is 0 Å². The van der Waals surface area contributed by atoms with Crippen molar-refractivity contribution in [2.24, 2.45) is 11.8 Å². The predicted molar refractivity (Wildman–Crippen MR) is 81.2 cm³/mol. The molecule has 122 valence electrons. The summed E-state index contributed by atoms with van der Waals surface area (Å²) in [6, 6.07) is 1.99. The second-order valence-electron chi connectivity index (χ2n) is 6.75. The molecule has 3 rings (SSSR count). The third kappa shape index (κ3) is 3.33. The molecular formula is C16H25N3O3. The molecule has 0 saturated carbocycles. The van der Waals surface area contributed by atoms with Crippen LogP contribution in [-0.2, 0) is 16.1 Å². The summed E-state index contributed by atoms with van der Waals surface area (Å²) in [5, 5.41) is 4.07. The molecule has 3 heterocycles. The van der Waals surface area contributed by atoms with E-state index in [2.05, 4.69) is 10.1 Å². The smallest absolute Gasteiger partial charge is 0.227 e. The van der Waals surface area contributed by atoms with Crippen LogP contribution in [0.4, 0.5) is 0 Å². The first kappa shape index (κ1) is 15.5. The number of hydrogen-bond donors (Lipinski definition) is 0. The summed E-state index contributed by atoms with van der Waals surface area (Å²) in [6.07, 6.45) is 2.27. The van der Waals surface area contributed by atoms with Crippen molar-refractivity contribution in [1.82, 2.24) is 15.0 Å². The normalized spacial score (nSPS) is 29.1. The van der Waals surface area contributed by atoms with E-state index in [1.807, 2.05) is 27.1 Å². The van der Waals surface area contributed by atoms with E-state index in [9.17, 15) is 4.79 Å². The Kier molecular flexibility index (Phi) is 4.49. The Labute approximate surface area is 131 Å². The highest BCUT2D eigenvalue weighted by atomic mass is 16.5. The van der Waals surface area contributed by atoms with Crippen LogP contribution >= 0.6 is 0 Å². The van der Waals surface area contributed by atoms with Crippen molar-refractivity contribution in [3.8, 4) is 0 Å². The molecule has 22 heavy (non-hydrogen) atoms. The molecule has 1 amide bonds. The average Bonchev–Trinajstić information content (AvgIpc) is 2.90. The Bertz CT molecular complexity index is 528. The molecule has 2 fully saturated rings. The van der Waals surface area contributed by atoms with Gasteiger partial charge in [0.05, 0.1) is 24.3 Å². The lowest BCUT2D eigenvalue weighted by Crippen LogP contribution is -2.50. The second-order valence-corrected chi connectivity index (χ2v) is 6.75. The van der Waals surface area contributed by atoms with E-state index in [0.717, 1.165) is 43.9 Å². The summed E-state index contributed by atoms with van der Waals surface area (Å²) < 4.78 is 11.1. The van der Waals surface area contributed by atoms with Gasteiger partial charge in [-0.1, -0.05) is 5.16 Å². The lowest BCUT2D eigenvalue weighted by molar-refractivity contribution is -0.146. The maximum Gasteiger partial charge on any atom is 0.227 e. The zero-order valence-electron chi connectivity index (χ0n) is 13.6. The van der Waals surface area contributed by atoms with Gasteiger partial charge in [0.25, 0.3) is 0 Å². The first-order valence-corrected chi connectivity index (χ1v) is 8.00. The van der Waals surface area contributed by atoms with Gasteiger partial charge in [0.2, 0.25) is 5.91 Å². The van der Waals surface area contributed by atoms with Crippen LogP contribution in [0.25, 0.3) is 0 Å². The molecule has 0 unspecified atom stereocenters. The molecule has 0 aromatic carbocycles. The van der Waals surface area contributed by atoms with Gasteiger partial charge >= 0.3 is 0 Å². The van der Waals surface area contributed by atoms with Gasteiger partial charge in [-0.3, -0.25) is 9.69 Å². The molecule has 0 aliphatic carbocycles. The van der Waals surface area contributed by atoms with Crippen molar-refractivity contribution in [3.05, 3.63) is 17.5 Å². The van der Waals surface area contributed by atoms with E-state index in [1.54, 1.807) is 4.90 Å². The zero-order chi connectivity index (χ0) is 15.7. The quantitative estimate of drug-likeness (QED) is 0.842. The summed E-state index contributed by atoms with van der Waals surface area (Å²) in [4.78, 5) is 16.2. The fourth-order valence-corrected chi connectivity index (χ4v) is 3.61. The summed E-state index contributed by atoms with van der Waals surface area (Å²) in [6.45, 7) is 5.27. The number of carbonyl (C=O) groups is 1. The van der Waals surface area contributed by atoms with Gasteiger partial charge in [-0.15, -0.1) is 0 Å². The van der Waals surface area contributed by atoms with Crippen molar-refractivity contribution < 1.29 is 14.1 Å². The Morgan fingerprint density at radius 3 is 3.00 bits per heavy atom. The maximum absolute atomic E-state index is 12.2. The third-order valence-electron chi connectivity index (χ3n) is 4.70. The Balaban J connectivity index is 1.58. The number of carbonyl (C=O) groups excluding carboxylic acids is 1. The highest BCUT2D eigenvalue weighted by Gasteiger charge is 2.38. The number of fused-ring (bicyclic) bond motifs is 1. The SMILES string of the molecule is Cc1cc(CN2CC[C@H]3OC[C@@H](C(=O)N(C)C)C[C@H]3C2)no1. The zero-order valence-corrected chi connectivity index (χ0v) is 13.6. The number of nitrogens with zero attached hydrogens (tertiary/aromatic N) is 3. The fourth-order valence-electron chi connectivity index (χ4n) is 3.61. The molecule has 1 aromatic heterocycles. The number of hydrogen-bond acceptors (Lipinski definition) is 5. The Morgan fingerprint density at radius 2 is 2.32 bits per heavy atom. The molecule has 3 atom stereocenters. The van der Waals surface area contributed by atoms with Crippen molar-refractivity contribution >= 4 is 5.91 Å². The second kappa shape index (κ2) is 6.38. The highest BCUT2D eigenvalue weighted by Crippen LogP contribution is 2.32. The number of aromatic nitrogens is 1. The average molecular weight is 307 g/mol. The lowest BCUT2D eigenvalue weighted by Gasteiger charge is -2.43. The first-order valence-electron chi connectivity index (χ1n) is 8.00. The largest absolute Gasteiger partial charge is 0.377 e. The minimum Gasteiger partial charge on any atom is -0.377 e. The van der Waals surface area contributed by atoms with Gasteiger partial charge in [0.1, 0.15) is 5.76 Å². The monoisotopic (exact) mass is 307 g/mol. The van der Waals surface area contributed by atoms with Gasteiger partial charge < -0.3 is 14.2 Å². The number of likely N-dealkylation sites (tertiary alicyclic amines) is 1. The molecule has 2 aliphatic heterocycles. The fraction of sp³-hybridized carbons (Fsp3) is 0.750.